The van der Waals surface area contributed by atoms with Crippen LogP contribution in [0.3, 0.4) is 0 Å². The number of hydrogen-bond acceptors (Lipinski definition) is 5. The van der Waals surface area contributed by atoms with Crippen LogP contribution in [0, 0.1) is 0 Å². The summed E-state index contributed by atoms with van der Waals surface area (Å²) in [5.74, 6) is -1.65. The molecule has 39 heavy (non-hydrogen) atoms. The number of amides is 1. The van der Waals surface area contributed by atoms with Gasteiger partial charge in [0.25, 0.3) is 5.91 Å². The van der Waals surface area contributed by atoms with Crippen LogP contribution in [0.1, 0.15) is 54.2 Å². The number of carboxylic acid groups (broad SMARTS) is 1. The molecule has 3 aromatic rings. The van der Waals surface area contributed by atoms with Crippen molar-refractivity contribution < 1.29 is 27.9 Å². The lowest BCUT2D eigenvalue weighted by atomic mass is 9.88. The van der Waals surface area contributed by atoms with E-state index in [0.29, 0.717) is 33.2 Å². The molecule has 206 valence electrons. The van der Waals surface area contributed by atoms with Crippen molar-refractivity contribution in [2.45, 2.75) is 56.2 Å². The Morgan fingerprint density at radius 1 is 0.974 bits per heavy atom. The van der Waals surface area contributed by atoms with Crippen LogP contribution in [-0.2, 0) is 37.2 Å². The smallest absolute Gasteiger partial charge is 0.326 e. The van der Waals surface area contributed by atoms with Crippen LogP contribution in [-0.4, -0.2) is 42.4 Å². The van der Waals surface area contributed by atoms with Gasteiger partial charge in [-0.25, -0.2) is 13.2 Å². The van der Waals surface area contributed by atoms with Crippen molar-refractivity contribution in [3.05, 3.63) is 105 Å². The molecule has 0 bridgehead atoms. The molecule has 10 heteroatoms. The molecular formula is C29H29Cl2NO6S. The van der Waals surface area contributed by atoms with Gasteiger partial charge in [0.15, 0.2) is 0 Å². The predicted molar refractivity (Wildman–Crippen MR) is 151 cm³/mol. The molecule has 0 spiro atoms. The maximum atomic E-state index is 14.1. The normalized spacial score (nSPS) is 20.3. The summed E-state index contributed by atoms with van der Waals surface area (Å²) in [6.45, 7) is 1.87. The fourth-order valence-electron chi connectivity index (χ4n) is 5.02. The highest BCUT2D eigenvalue weighted by molar-refractivity contribution is 7.71. The Balaban J connectivity index is 1.82. The van der Waals surface area contributed by atoms with Gasteiger partial charge in [-0.1, -0.05) is 85.1 Å². The van der Waals surface area contributed by atoms with Crippen molar-refractivity contribution in [1.29, 1.82) is 0 Å². The minimum Gasteiger partial charge on any atom is -0.480 e. The number of morpholine rings is 1. The fourth-order valence-corrected chi connectivity index (χ4v) is 5.77. The monoisotopic (exact) mass is 589 g/mol. The summed E-state index contributed by atoms with van der Waals surface area (Å²) in [6.07, 6.45) is -0.736. The molecule has 1 amide bonds. The first-order chi connectivity index (χ1) is 18.7. The van der Waals surface area contributed by atoms with E-state index >= 15 is 0 Å². The molecule has 7 nitrogen and oxygen atoms in total. The average Bonchev–Trinajstić information content (AvgIpc) is 2.89. The number of thiol groups is 1. The van der Waals surface area contributed by atoms with Crippen molar-refractivity contribution in [1.82, 2.24) is 4.90 Å². The van der Waals surface area contributed by atoms with Gasteiger partial charge >= 0.3 is 5.97 Å². The SMILES string of the molecule is CCC[C@H](C(=O)O)N1C(=O)[C@H](Cc2cccc(C[SH](=O)=O)c2)O[C@@H](c2ccc(Cl)cc2)[C@H]1c1ccc(Cl)cc1. The Labute approximate surface area is 239 Å². The number of halogens is 2. The topological polar surface area (TPSA) is 101 Å². The minimum atomic E-state index is -2.61. The van der Waals surface area contributed by atoms with Crippen molar-refractivity contribution in [3.63, 3.8) is 0 Å². The zero-order chi connectivity index (χ0) is 28.1. The molecule has 0 aliphatic carbocycles. The van der Waals surface area contributed by atoms with Gasteiger partial charge in [-0.2, -0.15) is 0 Å². The molecule has 0 aromatic heterocycles. The minimum absolute atomic E-state index is 0.113. The Morgan fingerprint density at radius 2 is 1.56 bits per heavy atom. The highest BCUT2D eigenvalue weighted by Crippen LogP contribution is 2.44. The predicted octanol–water partition coefficient (Wildman–Crippen LogP) is 5.61. The van der Waals surface area contributed by atoms with Gasteiger partial charge in [0.2, 0.25) is 0 Å². The maximum Gasteiger partial charge on any atom is 0.326 e. The first-order valence-corrected chi connectivity index (χ1v) is 14.7. The maximum absolute atomic E-state index is 14.1. The van der Waals surface area contributed by atoms with E-state index in [1.807, 2.05) is 19.1 Å². The summed E-state index contributed by atoms with van der Waals surface area (Å²) in [5.41, 5.74) is 2.74. The van der Waals surface area contributed by atoms with Crippen LogP contribution >= 0.6 is 23.2 Å². The molecule has 3 aromatic carbocycles. The van der Waals surface area contributed by atoms with E-state index in [0.717, 1.165) is 5.56 Å². The summed E-state index contributed by atoms with van der Waals surface area (Å²) >= 11 is 12.3. The first kappa shape index (κ1) is 29.1. The molecule has 0 saturated carbocycles. The second kappa shape index (κ2) is 13.0. The molecule has 0 unspecified atom stereocenters. The van der Waals surface area contributed by atoms with Crippen molar-refractivity contribution in [2.24, 2.45) is 0 Å². The van der Waals surface area contributed by atoms with E-state index in [2.05, 4.69) is 0 Å². The number of hydrogen-bond donors (Lipinski definition) is 2. The zero-order valence-electron chi connectivity index (χ0n) is 21.2. The van der Waals surface area contributed by atoms with Crippen molar-refractivity contribution in [2.75, 3.05) is 0 Å². The van der Waals surface area contributed by atoms with Gasteiger partial charge in [0.05, 0.1) is 11.8 Å². The zero-order valence-corrected chi connectivity index (χ0v) is 23.6. The van der Waals surface area contributed by atoms with Crippen molar-refractivity contribution >= 4 is 45.8 Å². The highest BCUT2D eigenvalue weighted by atomic mass is 35.5. The van der Waals surface area contributed by atoms with Gasteiger partial charge in [0.1, 0.15) is 29.0 Å². The number of nitrogens with zero attached hydrogens (tertiary/aromatic N) is 1. The second-order valence-electron chi connectivity index (χ2n) is 9.50. The highest BCUT2D eigenvalue weighted by Gasteiger charge is 2.48. The number of rotatable bonds is 10. The summed E-state index contributed by atoms with van der Waals surface area (Å²) in [5, 5.41) is 11.3. The van der Waals surface area contributed by atoms with E-state index < -0.39 is 46.9 Å². The quantitative estimate of drug-likeness (QED) is 0.298. The van der Waals surface area contributed by atoms with Crippen LogP contribution in [0.2, 0.25) is 10.0 Å². The lowest BCUT2D eigenvalue weighted by Gasteiger charge is -2.47. The number of carboxylic acids is 1. The summed E-state index contributed by atoms with van der Waals surface area (Å²) in [7, 11) is -2.61. The average molecular weight is 591 g/mol. The van der Waals surface area contributed by atoms with Crippen LogP contribution < -0.4 is 0 Å². The summed E-state index contributed by atoms with van der Waals surface area (Å²) < 4.78 is 29.0. The second-order valence-corrected chi connectivity index (χ2v) is 11.4. The number of carbonyl (C=O) groups is 2. The third-order valence-electron chi connectivity index (χ3n) is 6.74. The Kier molecular flexibility index (Phi) is 9.67. The molecule has 0 radical (unpaired) electrons. The van der Waals surface area contributed by atoms with Crippen LogP contribution in [0.5, 0.6) is 0 Å². The fraction of sp³-hybridized carbons (Fsp3) is 0.310. The van der Waals surface area contributed by atoms with E-state index in [1.54, 1.807) is 60.7 Å². The lowest BCUT2D eigenvalue weighted by Crippen LogP contribution is -2.57. The van der Waals surface area contributed by atoms with Gasteiger partial charge in [0, 0.05) is 16.5 Å². The molecule has 1 aliphatic rings. The summed E-state index contributed by atoms with van der Waals surface area (Å²) in [6, 6.07) is 19.2. The first-order valence-electron chi connectivity index (χ1n) is 12.6. The molecule has 1 fully saturated rings. The van der Waals surface area contributed by atoms with Gasteiger partial charge in [-0.05, 0) is 52.9 Å². The van der Waals surface area contributed by atoms with Crippen LogP contribution in [0.4, 0.5) is 0 Å². The Morgan fingerprint density at radius 3 is 2.13 bits per heavy atom. The largest absolute Gasteiger partial charge is 0.480 e. The summed E-state index contributed by atoms with van der Waals surface area (Å²) in [4.78, 5) is 28.1. The van der Waals surface area contributed by atoms with Gasteiger partial charge < -0.3 is 14.7 Å². The van der Waals surface area contributed by atoms with Gasteiger partial charge in [-0.15, -0.1) is 0 Å². The number of ether oxygens (including phenoxy) is 1. The van der Waals surface area contributed by atoms with Crippen molar-refractivity contribution in [3.8, 4) is 0 Å². The molecule has 1 saturated heterocycles. The third-order valence-corrected chi connectivity index (χ3v) is 7.87. The van der Waals surface area contributed by atoms with E-state index in [-0.39, 0.29) is 18.6 Å². The molecule has 4 rings (SSSR count). The Hall–Kier alpha value is -2.91. The lowest BCUT2D eigenvalue weighted by molar-refractivity contribution is -0.184. The van der Waals surface area contributed by atoms with Gasteiger partial charge in [-0.3, -0.25) is 4.79 Å². The molecule has 1 heterocycles. The number of aliphatic carboxylic acids is 1. The number of benzene rings is 3. The Bertz CT molecular complexity index is 1390. The van der Waals surface area contributed by atoms with E-state index in [1.165, 1.54) is 4.90 Å². The van der Waals surface area contributed by atoms with E-state index in [4.69, 9.17) is 27.9 Å². The van der Waals surface area contributed by atoms with Crippen LogP contribution in [0.15, 0.2) is 72.8 Å². The molecule has 1 aliphatic heterocycles. The molecular weight excluding hydrogens is 561 g/mol. The van der Waals surface area contributed by atoms with Crippen LogP contribution in [0.25, 0.3) is 0 Å². The number of carbonyl (C=O) groups excluding carboxylic acids is 1. The molecule has 1 N–H and O–H groups in total. The van der Waals surface area contributed by atoms with E-state index in [9.17, 15) is 23.1 Å². The standard InChI is InChI=1S/C29H29Cl2NO6S/c1-2-4-24(29(34)35)32-26(20-7-11-22(30)12-8-20)27(21-9-13-23(31)14-10-21)38-25(28(32)33)16-18-5-3-6-19(15-18)17-39(36)37/h3,5-15,24-27,39H,2,4,16-17H2,1H3,(H,34,35)/t24-,25+,26-,27+/m1/s1. The third kappa shape index (κ3) is 7.00. The molecule has 4 atom stereocenters.